The number of benzene rings is 1. The normalized spacial score (nSPS) is 30.5. The lowest BCUT2D eigenvalue weighted by atomic mass is 9.98. The summed E-state index contributed by atoms with van der Waals surface area (Å²) in [5.41, 5.74) is 1.22. The average Bonchev–Trinajstić information content (AvgIpc) is 2.18. The quantitative estimate of drug-likeness (QED) is 0.605. The second-order valence-corrected chi connectivity index (χ2v) is 3.64. The van der Waals surface area contributed by atoms with E-state index in [4.69, 9.17) is 9.47 Å². The van der Waals surface area contributed by atoms with Gasteiger partial charge in [-0.2, -0.15) is 0 Å². The van der Waals surface area contributed by atoms with Crippen molar-refractivity contribution in [1.29, 1.82) is 0 Å². The molecule has 2 heteroatoms. The fourth-order valence-electron chi connectivity index (χ4n) is 2.10. The molecule has 0 spiro atoms. The van der Waals surface area contributed by atoms with E-state index in [0.29, 0.717) is 0 Å². The second-order valence-electron chi connectivity index (χ2n) is 3.64. The Morgan fingerprint density at radius 2 is 2.08 bits per heavy atom. The van der Waals surface area contributed by atoms with Crippen LogP contribution in [0.5, 0.6) is 5.75 Å². The number of fused-ring (bicyclic) bond motifs is 4. The molecule has 2 aliphatic heterocycles. The molecule has 0 saturated carbocycles. The van der Waals surface area contributed by atoms with Crippen LogP contribution in [0, 0.1) is 0 Å². The zero-order valence-electron chi connectivity index (χ0n) is 7.40. The van der Waals surface area contributed by atoms with E-state index in [1.165, 1.54) is 12.0 Å². The SMILES string of the molecule is c1ccc2c(c1)O[C@H]1CCC[C@@H]2O1. The van der Waals surface area contributed by atoms with Gasteiger partial charge < -0.3 is 9.47 Å². The van der Waals surface area contributed by atoms with Gasteiger partial charge in [0.2, 0.25) is 6.29 Å². The van der Waals surface area contributed by atoms with Crippen LogP contribution < -0.4 is 4.74 Å². The van der Waals surface area contributed by atoms with Crippen molar-refractivity contribution >= 4 is 0 Å². The summed E-state index contributed by atoms with van der Waals surface area (Å²) in [5, 5.41) is 0. The van der Waals surface area contributed by atoms with Crippen molar-refractivity contribution in [2.24, 2.45) is 0 Å². The molecule has 0 amide bonds. The maximum Gasteiger partial charge on any atom is 0.200 e. The second kappa shape index (κ2) is 2.74. The fraction of sp³-hybridized carbons (Fsp3) is 0.455. The standard InChI is InChI=1S/C11H12O2/c1-2-5-9-8(4-1)10-6-3-7-11(12-9)13-10/h1-2,4-5,10-11H,3,6-7H2/t10-,11+/m0/s1. The smallest absolute Gasteiger partial charge is 0.200 e. The van der Waals surface area contributed by atoms with Gasteiger partial charge in [-0.3, -0.25) is 0 Å². The molecule has 1 aromatic rings. The molecule has 3 rings (SSSR count). The Hall–Kier alpha value is -1.02. The maximum absolute atomic E-state index is 5.73. The Morgan fingerprint density at radius 1 is 1.15 bits per heavy atom. The molecule has 2 heterocycles. The molecule has 2 atom stereocenters. The van der Waals surface area contributed by atoms with E-state index in [2.05, 4.69) is 6.07 Å². The van der Waals surface area contributed by atoms with Crippen molar-refractivity contribution in [2.45, 2.75) is 31.7 Å². The van der Waals surface area contributed by atoms with Crippen LogP contribution in [0.25, 0.3) is 0 Å². The number of para-hydroxylation sites is 1. The van der Waals surface area contributed by atoms with Crippen LogP contribution in [-0.2, 0) is 4.74 Å². The summed E-state index contributed by atoms with van der Waals surface area (Å²) in [5.74, 6) is 1.02. The van der Waals surface area contributed by atoms with Gasteiger partial charge in [0.05, 0.1) is 6.10 Å². The molecule has 1 fully saturated rings. The molecular weight excluding hydrogens is 164 g/mol. The van der Waals surface area contributed by atoms with E-state index in [1.807, 2.05) is 18.2 Å². The molecule has 0 unspecified atom stereocenters. The highest BCUT2D eigenvalue weighted by Gasteiger charge is 2.31. The Bertz CT molecular complexity index is 322. The van der Waals surface area contributed by atoms with Gasteiger partial charge in [0.1, 0.15) is 5.75 Å². The van der Waals surface area contributed by atoms with Crippen LogP contribution in [0.2, 0.25) is 0 Å². The van der Waals surface area contributed by atoms with Crippen molar-refractivity contribution in [1.82, 2.24) is 0 Å². The van der Waals surface area contributed by atoms with Crippen LogP contribution >= 0.6 is 0 Å². The van der Waals surface area contributed by atoms with Gasteiger partial charge in [0, 0.05) is 12.0 Å². The lowest BCUT2D eigenvalue weighted by Crippen LogP contribution is -2.32. The van der Waals surface area contributed by atoms with Crippen LogP contribution in [0.1, 0.15) is 30.9 Å². The van der Waals surface area contributed by atoms with Crippen molar-refractivity contribution in [3.8, 4) is 5.75 Å². The first kappa shape index (κ1) is 7.39. The summed E-state index contributed by atoms with van der Waals surface area (Å²) in [6.45, 7) is 0. The summed E-state index contributed by atoms with van der Waals surface area (Å²) in [4.78, 5) is 0. The zero-order valence-corrected chi connectivity index (χ0v) is 7.40. The van der Waals surface area contributed by atoms with Crippen molar-refractivity contribution in [3.05, 3.63) is 29.8 Å². The third-order valence-electron chi connectivity index (χ3n) is 2.75. The molecule has 2 bridgehead atoms. The molecule has 2 nitrogen and oxygen atoms in total. The van der Waals surface area contributed by atoms with Crippen LogP contribution in [-0.4, -0.2) is 6.29 Å². The predicted molar refractivity (Wildman–Crippen MR) is 48.5 cm³/mol. The first-order valence-electron chi connectivity index (χ1n) is 4.84. The molecule has 1 saturated heterocycles. The van der Waals surface area contributed by atoms with Crippen LogP contribution in [0.4, 0.5) is 0 Å². The van der Waals surface area contributed by atoms with E-state index < -0.39 is 0 Å². The van der Waals surface area contributed by atoms with Crippen LogP contribution in [0.15, 0.2) is 24.3 Å². The molecule has 68 valence electrons. The number of rotatable bonds is 0. The maximum atomic E-state index is 5.73. The predicted octanol–water partition coefficient (Wildman–Crippen LogP) is 2.65. The van der Waals surface area contributed by atoms with E-state index in [-0.39, 0.29) is 12.4 Å². The average molecular weight is 176 g/mol. The number of ether oxygens (including phenoxy) is 2. The van der Waals surface area contributed by atoms with Gasteiger partial charge in [0.15, 0.2) is 0 Å². The highest BCUT2D eigenvalue weighted by Crippen LogP contribution is 2.41. The third kappa shape index (κ3) is 1.13. The molecule has 13 heavy (non-hydrogen) atoms. The van der Waals surface area contributed by atoms with E-state index in [0.717, 1.165) is 18.6 Å². The Morgan fingerprint density at radius 3 is 3.08 bits per heavy atom. The Labute approximate surface area is 77.5 Å². The Kier molecular flexibility index (Phi) is 1.56. The monoisotopic (exact) mass is 176 g/mol. The van der Waals surface area contributed by atoms with E-state index >= 15 is 0 Å². The van der Waals surface area contributed by atoms with E-state index in [9.17, 15) is 0 Å². The molecule has 0 radical (unpaired) electrons. The summed E-state index contributed by atoms with van der Waals surface area (Å²) in [6, 6.07) is 8.19. The van der Waals surface area contributed by atoms with Gasteiger partial charge in [-0.05, 0) is 18.9 Å². The summed E-state index contributed by atoms with van der Waals surface area (Å²) >= 11 is 0. The molecule has 0 aliphatic carbocycles. The molecule has 0 N–H and O–H groups in total. The molecule has 1 aromatic carbocycles. The Balaban J connectivity index is 2.06. The lowest BCUT2D eigenvalue weighted by molar-refractivity contribution is -0.167. The first-order valence-corrected chi connectivity index (χ1v) is 4.84. The minimum atomic E-state index is 0.00801. The van der Waals surface area contributed by atoms with Crippen molar-refractivity contribution < 1.29 is 9.47 Å². The van der Waals surface area contributed by atoms with Gasteiger partial charge in [-0.15, -0.1) is 0 Å². The number of hydrogen-bond donors (Lipinski definition) is 0. The summed E-state index contributed by atoms with van der Waals surface area (Å²) < 4.78 is 11.4. The third-order valence-corrected chi connectivity index (χ3v) is 2.75. The topological polar surface area (TPSA) is 18.5 Å². The highest BCUT2D eigenvalue weighted by molar-refractivity contribution is 5.36. The molecule has 0 aromatic heterocycles. The van der Waals surface area contributed by atoms with Gasteiger partial charge in [-0.1, -0.05) is 18.2 Å². The fourth-order valence-corrected chi connectivity index (χ4v) is 2.10. The van der Waals surface area contributed by atoms with Gasteiger partial charge in [0.25, 0.3) is 0 Å². The van der Waals surface area contributed by atoms with E-state index in [1.54, 1.807) is 0 Å². The van der Waals surface area contributed by atoms with Gasteiger partial charge in [-0.25, -0.2) is 0 Å². The lowest BCUT2D eigenvalue weighted by Gasteiger charge is -2.36. The zero-order chi connectivity index (χ0) is 8.67. The minimum absolute atomic E-state index is 0.00801. The first-order chi connectivity index (χ1) is 6.43. The highest BCUT2D eigenvalue weighted by atomic mass is 16.7. The molecular formula is C11H12O2. The minimum Gasteiger partial charge on any atom is -0.465 e. The summed E-state index contributed by atoms with van der Waals surface area (Å²) in [6.07, 6.45) is 3.67. The van der Waals surface area contributed by atoms with Gasteiger partial charge >= 0.3 is 0 Å². The van der Waals surface area contributed by atoms with Crippen molar-refractivity contribution in [3.63, 3.8) is 0 Å². The molecule has 2 aliphatic rings. The van der Waals surface area contributed by atoms with Crippen LogP contribution in [0.3, 0.4) is 0 Å². The summed E-state index contributed by atoms with van der Waals surface area (Å²) in [7, 11) is 0. The van der Waals surface area contributed by atoms with Crippen molar-refractivity contribution in [2.75, 3.05) is 0 Å². The largest absolute Gasteiger partial charge is 0.465 e. The number of hydrogen-bond acceptors (Lipinski definition) is 2.